The van der Waals surface area contributed by atoms with E-state index < -0.39 is 0 Å². The van der Waals surface area contributed by atoms with Crippen LogP contribution < -0.4 is 11.1 Å². The van der Waals surface area contributed by atoms with Crippen LogP contribution >= 0.6 is 0 Å². The SMILES string of the molecule is CCCCc1nc2c(=O)[nH]n(Cc3ccccc3)c(=O)c2[nH]1. The van der Waals surface area contributed by atoms with Gasteiger partial charge in [-0.25, -0.2) is 9.67 Å². The van der Waals surface area contributed by atoms with Crippen LogP contribution in [-0.4, -0.2) is 19.7 Å². The van der Waals surface area contributed by atoms with Gasteiger partial charge in [-0.05, 0) is 12.0 Å². The first-order valence-corrected chi connectivity index (χ1v) is 7.44. The molecule has 0 saturated heterocycles. The summed E-state index contributed by atoms with van der Waals surface area (Å²) < 4.78 is 1.32. The average molecular weight is 298 g/mol. The number of aromatic amines is 2. The standard InChI is InChI=1S/C16H18N4O2/c1-2-3-9-12-17-13-14(18-12)16(22)20(19-15(13)21)10-11-7-5-4-6-8-11/h4-8H,2-3,9-10H2,1H3,(H,17,18)(H,19,21). The molecule has 0 radical (unpaired) electrons. The summed E-state index contributed by atoms with van der Waals surface area (Å²) in [5.41, 5.74) is 0.828. The largest absolute Gasteiger partial charge is 0.337 e. The number of nitrogens with zero attached hydrogens (tertiary/aromatic N) is 2. The van der Waals surface area contributed by atoms with Gasteiger partial charge in [0.05, 0.1) is 6.54 Å². The van der Waals surface area contributed by atoms with Gasteiger partial charge >= 0.3 is 0 Å². The Morgan fingerprint density at radius 2 is 1.95 bits per heavy atom. The molecule has 2 heterocycles. The molecule has 0 bridgehead atoms. The minimum Gasteiger partial charge on any atom is -0.337 e. The number of unbranched alkanes of at least 4 members (excludes halogenated alkanes) is 1. The van der Waals surface area contributed by atoms with Crippen LogP contribution in [0, 0.1) is 0 Å². The molecule has 114 valence electrons. The van der Waals surface area contributed by atoms with Crippen molar-refractivity contribution in [2.45, 2.75) is 32.7 Å². The first kappa shape index (κ1) is 14.3. The second-order valence-electron chi connectivity index (χ2n) is 5.33. The zero-order chi connectivity index (χ0) is 15.5. The molecule has 6 heteroatoms. The molecule has 6 nitrogen and oxygen atoms in total. The summed E-state index contributed by atoms with van der Waals surface area (Å²) in [4.78, 5) is 31.9. The molecule has 0 amide bonds. The third kappa shape index (κ3) is 2.72. The number of imidazole rings is 1. The molecular weight excluding hydrogens is 280 g/mol. The lowest BCUT2D eigenvalue weighted by Gasteiger charge is -2.05. The topological polar surface area (TPSA) is 83.5 Å². The minimum atomic E-state index is -0.343. The van der Waals surface area contributed by atoms with E-state index in [1.165, 1.54) is 4.68 Å². The van der Waals surface area contributed by atoms with Crippen molar-refractivity contribution in [3.8, 4) is 0 Å². The Kier molecular flexibility index (Phi) is 3.91. The molecule has 22 heavy (non-hydrogen) atoms. The molecule has 0 unspecified atom stereocenters. The summed E-state index contributed by atoms with van der Waals surface area (Å²) in [6, 6.07) is 9.53. The summed E-state index contributed by atoms with van der Waals surface area (Å²) in [7, 11) is 0. The fourth-order valence-electron chi connectivity index (χ4n) is 2.44. The fraction of sp³-hybridized carbons (Fsp3) is 0.312. The molecule has 1 aromatic carbocycles. The smallest absolute Gasteiger partial charge is 0.291 e. The fourth-order valence-corrected chi connectivity index (χ4v) is 2.44. The van der Waals surface area contributed by atoms with E-state index >= 15 is 0 Å². The Hall–Kier alpha value is -2.63. The molecule has 2 aromatic heterocycles. The number of aromatic nitrogens is 4. The number of hydrogen-bond acceptors (Lipinski definition) is 3. The monoisotopic (exact) mass is 298 g/mol. The number of rotatable bonds is 5. The molecule has 0 spiro atoms. The quantitative estimate of drug-likeness (QED) is 0.753. The average Bonchev–Trinajstić information content (AvgIpc) is 2.96. The van der Waals surface area contributed by atoms with Crippen LogP contribution in [0.15, 0.2) is 39.9 Å². The van der Waals surface area contributed by atoms with Crippen LogP contribution in [0.5, 0.6) is 0 Å². The van der Waals surface area contributed by atoms with Gasteiger partial charge in [-0.3, -0.25) is 14.7 Å². The number of H-pyrrole nitrogens is 2. The summed E-state index contributed by atoms with van der Waals surface area (Å²) >= 11 is 0. The van der Waals surface area contributed by atoms with Gasteiger partial charge < -0.3 is 4.98 Å². The van der Waals surface area contributed by atoms with E-state index in [0.29, 0.717) is 12.4 Å². The first-order chi connectivity index (χ1) is 10.7. The lowest BCUT2D eigenvalue weighted by atomic mass is 10.2. The third-order valence-corrected chi connectivity index (χ3v) is 3.61. The van der Waals surface area contributed by atoms with Crippen LogP contribution in [0.25, 0.3) is 11.0 Å². The number of aryl methyl sites for hydroxylation is 1. The predicted octanol–water partition coefficient (Wildman–Crippen LogP) is 1.80. The maximum atomic E-state index is 12.5. The Morgan fingerprint density at radius 3 is 2.68 bits per heavy atom. The van der Waals surface area contributed by atoms with Gasteiger partial charge in [0.25, 0.3) is 11.1 Å². The summed E-state index contributed by atoms with van der Waals surface area (Å²) in [6.07, 6.45) is 2.74. The van der Waals surface area contributed by atoms with Crippen molar-refractivity contribution in [3.63, 3.8) is 0 Å². The van der Waals surface area contributed by atoms with E-state index in [0.717, 1.165) is 24.8 Å². The summed E-state index contributed by atoms with van der Waals surface area (Å²) in [6.45, 7) is 2.41. The van der Waals surface area contributed by atoms with Gasteiger partial charge in [-0.2, -0.15) is 0 Å². The normalized spacial score (nSPS) is 11.1. The van der Waals surface area contributed by atoms with Crippen molar-refractivity contribution in [2.24, 2.45) is 0 Å². The van der Waals surface area contributed by atoms with E-state index in [-0.39, 0.29) is 22.2 Å². The molecule has 3 rings (SSSR count). The lowest BCUT2D eigenvalue weighted by molar-refractivity contribution is 0.635. The molecule has 0 aliphatic carbocycles. The maximum absolute atomic E-state index is 12.5. The molecule has 0 atom stereocenters. The Bertz CT molecular complexity index is 890. The highest BCUT2D eigenvalue weighted by molar-refractivity contribution is 5.72. The summed E-state index contributed by atoms with van der Waals surface area (Å²) in [5.74, 6) is 0.692. The molecule has 0 aliphatic rings. The van der Waals surface area contributed by atoms with Crippen molar-refractivity contribution in [1.82, 2.24) is 19.7 Å². The van der Waals surface area contributed by atoms with Crippen molar-refractivity contribution >= 4 is 11.0 Å². The number of hydrogen-bond donors (Lipinski definition) is 2. The molecule has 0 aliphatic heterocycles. The molecular formula is C16H18N4O2. The molecule has 2 N–H and O–H groups in total. The van der Waals surface area contributed by atoms with Crippen LogP contribution in [0.4, 0.5) is 0 Å². The Morgan fingerprint density at radius 1 is 1.18 bits per heavy atom. The molecule has 0 fully saturated rings. The molecule has 3 aromatic rings. The van der Waals surface area contributed by atoms with Gasteiger partial charge in [-0.15, -0.1) is 0 Å². The van der Waals surface area contributed by atoms with Crippen LogP contribution in [-0.2, 0) is 13.0 Å². The third-order valence-electron chi connectivity index (χ3n) is 3.61. The highest BCUT2D eigenvalue weighted by Crippen LogP contribution is 2.06. The minimum absolute atomic E-state index is 0.195. The maximum Gasteiger partial charge on any atom is 0.291 e. The van der Waals surface area contributed by atoms with Gasteiger partial charge in [0, 0.05) is 6.42 Å². The highest BCUT2D eigenvalue weighted by Gasteiger charge is 2.12. The lowest BCUT2D eigenvalue weighted by Crippen LogP contribution is -2.30. The number of fused-ring (bicyclic) bond motifs is 1. The number of nitrogens with one attached hydrogen (secondary N) is 2. The van der Waals surface area contributed by atoms with Crippen molar-refractivity contribution in [3.05, 3.63) is 62.4 Å². The predicted molar refractivity (Wildman–Crippen MR) is 85.1 cm³/mol. The van der Waals surface area contributed by atoms with Crippen molar-refractivity contribution in [2.75, 3.05) is 0 Å². The van der Waals surface area contributed by atoms with E-state index in [9.17, 15) is 9.59 Å². The van der Waals surface area contributed by atoms with E-state index in [2.05, 4.69) is 22.0 Å². The second-order valence-corrected chi connectivity index (χ2v) is 5.33. The Labute approximate surface area is 126 Å². The van der Waals surface area contributed by atoms with E-state index in [1.54, 1.807) is 0 Å². The van der Waals surface area contributed by atoms with Gasteiger partial charge in [0.15, 0.2) is 5.52 Å². The van der Waals surface area contributed by atoms with Gasteiger partial charge in [0.1, 0.15) is 11.3 Å². The van der Waals surface area contributed by atoms with Crippen molar-refractivity contribution in [1.29, 1.82) is 0 Å². The van der Waals surface area contributed by atoms with Crippen LogP contribution in [0.2, 0.25) is 0 Å². The second kappa shape index (κ2) is 6.01. The van der Waals surface area contributed by atoms with E-state index in [4.69, 9.17) is 0 Å². The number of benzene rings is 1. The van der Waals surface area contributed by atoms with Gasteiger partial charge in [-0.1, -0.05) is 43.7 Å². The zero-order valence-electron chi connectivity index (χ0n) is 12.4. The summed E-state index contributed by atoms with van der Waals surface area (Å²) in [5, 5.41) is 2.60. The Balaban J connectivity index is 2.04. The van der Waals surface area contributed by atoms with Crippen LogP contribution in [0.1, 0.15) is 31.2 Å². The van der Waals surface area contributed by atoms with Gasteiger partial charge in [0.2, 0.25) is 0 Å². The zero-order valence-corrected chi connectivity index (χ0v) is 12.4. The highest BCUT2D eigenvalue weighted by atomic mass is 16.2. The van der Waals surface area contributed by atoms with E-state index in [1.807, 2.05) is 30.3 Å². The van der Waals surface area contributed by atoms with Crippen LogP contribution in [0.3, 0.4) is 0 Å². The first-order valence-electron chi connectivity index (χ1n) is 7.44. The molecule has 0 saturated carbocycles. The van der Waals surface area contributed by atoms with Crippen molar-refractivity contribution < 1.29 is 0 Å².